The van der Waals surface area contributed by atoms with E-state index in [-0.39, 0.29) is 0 Å². The van der Waals surface area contributed by atoms with E-state index in [1.807, 2.05) is 0 Å². The molecule has 0 aliphatic carbocycles. The maximum absolute atomic E-state index is 2.46. The van der Waals surface area contributed by atoms with E-state index in [1.54, 1.807) is 0 Å². The third-order valence-corrected chi connectivity index (χ3v) is 12.0. The number of benzene rings is 10. The zero-order valence-electron chi connectivity index (χ0n) is 34.1. The molecule has 2 nitrogen and oxygen atoms in total. The van der Waals surface area contributed by atoms with Gasteiger partial charge in [0.15, 0.2) is 0 Å². The van der Waals surface area contributed by atoms with Crippen molar-refractivity contribution in [2.45, 2.75) is 0 Å². The Labute approximate surface area is 362 Å². The van der Waals surface area contributed by atoms with Crippen molar-refractivity contribution in [3.05, 3.63) is 255 Å². The van der Waals surface area contributed by atoms with Crippen LogP contribution in [0.5, 0.6) is 0 Å². The number of nitrogens with zero attached hydrogens (tertiary/aromatic N) is 2. The normalized spacial score (nSPS) is 11.2. The third kappa shape index (κ3) is 6.65. The first-order chi connectivity index (χ1) is 30.8. The number of aromatic nitrogens is 1. The maximum atomic E-state index is 2.46. The Morgan fingerprint density at radius 1 is 0.258 bits per heavy atom. The first-order valence-corrected chi connectivity index (χ1v) is 21.3. The van der Waals surface area contributed by atoms with Crippen LogP contribution in [0, 0.1) is 0 Å². The predicted molar refractivity (Wildman–Crippen MR) is 263 cm³/mol. The van der Waals surface area contributed by atoms with Gasteiger partial charge in [0.2, 0.25) is 0 Å². The van der Waals surface area contributed by atoms with Gasteiger partial charge in [0.1, 0.15) is 0 Å². The van der Waals surface area contributed by atoms with Crippen molar-refractivity contribution in [1.82, 2.24) is 4.57 Å². The minimum absolute atomic E-state index is 1.08. The van der Waals surface area contributed by atoms with Crippen molar-refractivity contribution < 1.29 is 0 Å². The number of para-hydroxylation sites is 3. The van der Waals surface area contributed by atoms with Crippen molar-refractivity contribution in [3.8, 4) is 61.3 Å². The van der Waals surface area contributed by atoms with Gasteiger partial charge in [0, 0.05) is 27.6 Å². The molecule has 11 aromatic rings. The second kappa shape index (κ2) is 16.1. The topological polar surface area (TPSA) is 8.17 Å². The fraction of sp³-hybridized carbons (Fsp3) is 0. The number of fused-ring (bicyclic) bond motifs is 3. The monoisotopic (exact) mass is 790 g/mol. The average Bonchev–Trinajstić information content (AvgIpc) is 3.70. The summed E-state index contributed by atoms with van der Waals surface area (Å²) in [7, 11) is 0. The number of anilines is 3. The van der Waals surface area contributed by atoms with Gasteiger partial charge in [-0.25, -0.2) is 0 Å². The summed E-state index contributed by atoms with van der Waals surface area (Å²) >= 11 is 0. The van der Waals surface area contributed by atoms with Crippen LogP contribution in [0.1, 0.15) is 0 Å². The van der Waals surface area contributed by atoms with E-state index < -0.39 is 0 Å². The summed E-state index contributed by atoms with van der Waals surface area (Å²) < 4.78 is 2.46. The largest absolute Gasteiger partial charge is 0.309 e. The van der Waals surface area contributed by atoms with E-state index in [0.717, 1.165) is 39.3 Å². The Balaban J connectivity index is 1.11. The number of rotatable bonds is 9. The molecule has 0 N–H and O–H groups in total. The van der Waals surface area contributed by atoms with E-state index in [2.05, 4.69) is 264 Å². The van der Waals surface area contributed by atoms with Crippen LogP contribution in [0.2, 0.25) is 0 Å². The van der Waals surface area contributed by atoms with Crippen LogP contribution in [0.25, 0.3) is 83.1 Å². The molecule has 10 aromatic carbocycles. The fourth-order valence-electron chi connectivity index (χ4n) is 9.16. The molecule has 0 aliphatic heterocycles. The van der Waals surface area contributed by atoms with Crippen LogP contribution in [0.4, 0.5) is 17.1 Å². The van der Waals surface area contributed by atoms with E-state index in [1.165, 1.54) is 60.8 Å². The molecular weight excluding hydrogens is 749 g/mol. The summed E-state index contributed by atoms with van der Waals surface area (Å²) in [6.07, 6.45) is 0. The van der Waals surface area contributed by atoms with Crippen molar-refractivity contribution in [1.29, 1.82) is 0 Å². The van der Waals surface area contributed by atoms with E-state index >= 15 is 0 Å². The second-order valence-electron chi connectivity index (χ2n) is 15.7. The van der Waals surface area contributed by atoms with Crippen molar-refractivity contribution in [2.75, 3.05) is 4.90 Å². The van der Waals surface area contributed by atoms with Gasteiger partial charge in [0.05, 0.1) is 28.1 Å². The molecule has 0 atom stereocenters. The molecule has 2 heteroatoms. The second-order valence-corrected chi connectivity index (χ2v) is 15.7. The molecule has 0 spiro atoms. The summed E-state index contributed by atoms with van der Waals surface area (Å²) in [6.45, 7) is 0. The lowest BCUT2D eigenvalue weighted by Crippen LogP contribution is -2.11. The minimum Gasteiger partial charge on any atom is -0.309 e. The van der Waals surface area contributed by atoms with E-state index in [4.69, 9.17) is 0 Å². The molecule has 1 heterocycles. The Kier molecular flexibility index (Phi) is 9.57. The Morgan fingerprint density at radius 2 is 0.677 bits per heavy atom. The molecule has 292 valence electrons. The standard InChI is InChI=1S/C60H42N2/c1-4-19-43(20-5-1)44-35-37-48(38-36-44)53-28-13-16-31-56(53)62-57-32-17-14-29-54(57)60-58(33-18-34-59(60)62)61(55-30-15-12-27-52(55)46-23-8-3-9-24-46)49-41-39-47(40-42-49)51-26-11-10-25-50(51)45-21-6-2-7-22-45/h1-42H. The van der Waals surface area contributed by atoms with Gasteiger partial charge < -0.3 is 9.47 Å². The first-order valence-electron chi connectivity index (χ1n) is 21.3. The molecule has 62 heavy (non-hydrogen) atoms. The minimum atomic E-state index is 1.08. The molecule has 0 amide bonds. The smallest absolute Gasteiger partial charge is 0.0562 e. The van der Waals surface area contributed by atoms with Gasteiger partial charge in [0.25, 0.3) is 0 Å². The Morgan fingerprint density at radius 3 is 1.35 bits per heavy atom. The van der Waals surface area contributed by atoms with Crippen LogP contribution >= 0.6 is 0 Å². The van der Waals surface area contributed by atoms with Gasteiger partial charge in [-0.15, -0.1) is 0 Å². The van der Waals surface area contributed by atoms with Crippen LogP contribution in [0.15, 0.2) is 255 Å². The molecule has 0 saturated carbocycles. The summed E-state index contributed by atoms with van der Waals surface area (Å²) in [5.74, 6) is 0. The highest BCUT2D eigenvalue weighted by Gasteiger charge is 2.24. The molecule has 0 bridgehead atoms. The maximum Gasteiger partial charge on any atom is 0.0562 e. The van der Waals surface area contributed by atoms with Gasteiger partial charge in [-0.1, -0.05) is 212 Å². The van der Waals surface area contributed by atoms with E-state index in [9.17, 15) is 0 Å². The van der Waals surface area contributed by atoms with Gasteiger partial charge in [-0.3, -0.25) is 0 Å². The predicted octanol–water partition coefficient (Wildman–Crippen LogP) is 16.6. The summed E-state index contributed by atoms with van der Waals surface area (Å²) in [5, 5.41) is 2.39. The summed E-state index contributed by atoms with van der Waals surface area (Å²) in [5.41, 5.74) is 18.7. The molecule has 0 saturated heterocycles. The Bertz CT molecular complexity index is 3310. The van der Waals surface area contributed by atoms with E-state index in [0.29, 0.717) is 0 Å². The van der Waals surface area contributed by atoms with Crippen LogP contribution < -0.4 is 4.90 Å². The lowest BCUT2D eigenvalue weighted by Gasteiger charge is -2.29. The number of hydrogen-bond acceptors (Lipinski definition) is 1. The van der Waals surface area contributed by atoms with Gasteiger partial charge in [-0.05, 0) is 87.0 Å². The molecule has 0 fully saturated rings. The third-order valence-electron chi connectivity index (χ3n) is 12.0. The van der Waals surface area contributed by atoms with Crippen LogP contribution in [-0.4, -0.2) is 4.57 Å². The van der Waals surface area contributed by atoms with Gasteiger partial charge >= 0.3 is 0 Å². The molecule has 0 unspecified atom stereocenters. The van der Waals surface area contributed by atoms with Crippen LogP contribution in [-0.2, 0) is 0 Å². The summed E-state index contributed by atoms with van der Waals surface area (Å²) in [6, 6.07) is 92.0. The summed E-state index contributed by atoms with van der Waals surface area (Å²) in [4.78, 5) is 2.46. The lowest BCUT2D eigenvalue weighted by atomic mass is 9.94. The van der Waals surface area contributed by atoms with Gasteiger partial charge in [-0.2, -0.15) is 0 Å². The average molecular weight is 791 g/mol. The zero-order chi connectivity index (χ0) is 41.2. The highest BCUT2D eigenvalue weighted by Crippen LogP contribution is 2.47. The molecule has 0 radical (unpaired) electrons. The molecular formula is C60H42N2. The molecule has 11 rings (SSSR count). The Hall–Kier alpha value is -8.20. The fourth-order valence-corrected chi connectivity index (χ4v) is 9.16. The van der Waals surface area contributed by atoms with Crippen molar-refractivity contribution in [3.63, 3.8) is 0 Å². The highest BCUT2D eigenvalue weighted by atomic mass is 15.2. The molecule has 1 aromatic heterocycles. The van der Waals surface area contributed by atoms with Crippen LogP contribution in [0.3, 0.4) is 0 Å². The highest BCUT2D eigenvalue weighted by molar-refractivity contribution is 6.17. The SMILES string of the molecule is c1ccc(-c2ccc(-c3ccccc3-n3c4ccccc4c4c(N(c5ccc(-c6ccccc6-c6ccccc6)cc5)c5ccccc5-c5ccccc5)cccc43)cc2)cc1. The first kappa shape index (κ1) is 36.8. The number of hydrogen-bond donors (Lipinski definition) is 0. The lowest BCUT2D eigenvalue weighted by molar-refractivity contribution is 1.18. The quantitative estimate of drug-likeness (QED) is 0.141. The van der Waals surface area contributed by atoms with Crippen molar-refractivity contribution >= 4 is 38.9 Å². The zero-order valence-corrected chi connectivity index (χ0v) is 34.1. The molecule has 0 aliphatic rings. The van der Waals surface area contributed by atoms with Crippen molar-refractivity contribution in [2.24, 2.45) is 0 Å².